The molecule has 3 heteroatoms. The van der Waals surface area contributed by atoms with Gasteiger partial charge >= 0.3 is 5.97 Å². The number of carbonyl (C=O) groups is 1. The molecule has 3 nitrogen and oxygen atoms in total. The van der Waals surface area contributed by atoms with Gasteiger partial charge in [0.15, 0.2) is 0 Å². The van der Waals surface area contributed by atoms with E-state index in [1.165, 1.54) is 0 Å². The van der Waals surface area contributed by atoms with E-state index in [1.54, 1.807) is 0 Å². The second-order valence-corrected chi connectivity index (χ2v) is 3.80. The summed E-state index contributed by atoms with van der Waals surface area (Å²) in [5, 5.41) is 11.7. The number of hydrogen-bond donors (Lipinski definition) is 2. The minimum Gasteiger partial charge on any atom is -0.481 e. The number of carboxylic acids is 1. The van der Waals surface area contributed by atoms with Crippen molar-refractivity contribution in [1.29, 1.82) is 0 Å². The van der Waals surface area contributed by atoms with Crippen molar-refractivity contribution in [1.82, 2.24) is 5.32 Å². The van der Waals surface area contributed by atoms with Gasteiger partial charge in [-0.2, -0.15) is 0 Å². The number of rotatable bonds is 8. The molecule has 0 amide bonds. The summed E-state index contributed by atoms with van der Waals surface area (Å²) < 4.78 is 0. The third-order valence-corrected chi connectivity index (χ3v) is 1.80. The summed E-state index contributed by atoms with van der Waals surface area (Å²) in [5.74, 6) is 0.00848. The first kappa shape index (κ1) is 16.4. The van der Waals surface area contributed by atoms with Crippen LogP contribution < -0.4 is 5.32 Å². The predicted molar refractivity (Wildman–Crippen MR) is 63.7 cm³/mol. The monoisotopic (exact) mass is 213 g/mol. The molecule has 88 valence electrons. The van der Waals surface area contributed by atoms with Crippen molar-refractivity contribution in [3.8, 4) is 12.8 Å². The molecule has 0 aromatic heterocycles. The average Bonchev–Trinajstić information content (AvgIpc) is 2.18. The molecule has 15 heavy (non-hydrogen) atoms. The first-order valence-corrected chi connectivity index (χ1v) is 5.38. The molecule has 0 aliphatic heterocycles. The van der Waals surface area contributed by atoms with Gasteiger partial charge in [-0.1, -0.05) is 20.3 Å². The molecule has 2 N–H and O–H groups in total. The predicted octanol–water partition coefficient (Wildman–Crippen LogP) is 2.13. The Balaban J connectivity index is 0. The second-order valence-electron chi connectivity index (χ2n) is 3.80. The van der Waals surface area contributed by atoms with Crippen LogP contribution >= 0.6 is 0 Å². The van der Waals surface area contributed by atoms with E-state index in [0.29, 0.717) is 12.3 Å². The smallest absolute Gasteiger partial charge is 0.303 e. The number of unbranched alkanes of at least 4 members (excludes halogenated alkanes) is 2. The van der Waals surface area contributed by atoms with Crippen LogP contribution in [-0.2, 0) is 4.79 Å². The summed E-state index contributed by atoms with van der Waals surface area (Å²) >= 11 is 0. The molecule has 0 saturated heterocycles. The largest absolute Gasteiger partial charge is 0.481 e. The van der Waals surface area contributed by atoms with Crippen molar-refractivity contribution in [3.05, 3.63) is 0 Å². The fraction of sp³-hybridized carbons (Fsp3) is 0.750. The van der Waals surface area contributed by atoms with Crippen LogP contribution in [0.5, 0.6) is 0 Å². The topological polar surface area (TPSA) is 49.3 Å². The zero-order valence-corrected chi connectivity index (χ0v) is 9.83. The van der Waals surface area contributed by atoms with Gasteiger partial charge in [-0.3, -0.25) is 4.79 Å². The first-order chi connectivity index (χ1) is 7.13. The SMILES string of the molecule is C#C.CC(C)CNCCCCCC(=O)O. The zero-order chi connectivity index (χ0) is 12.1. The van der Waals surface area contributed by atoms with Crippen LogP contribution in [0.15, 0.2) is 0 Å². The van der Waals surface area contributed by atoms with E-state index in [9.17, 15) is 4.79 Å². The fourth-order valence-corrected chi connectivity index (χ4v) is 1.09. The van der Waals surface area contributed by atoms with Crippen molar-refractivity contribution in [2.45, 2.75) is 39.5 Å². The molecule has 0 aromatic carbocycles. The Morgan fingerprint density at radius 1 is 1.27 bits per heavy atom. The molecule has 0 unspecified atom stereocenters. The maximum absolute atomic E-state index is 10.2. The van der Waals surface area contributed by atoms with E-state index in [-0.39, 0.29) is 0 Å². The Labute approximate surface area is 93.3 Å². The minimum atomic E-state index is -0.685. The highest BCUT2D eigenvalue weighted by molar-refractivity contribution is 5.66. The van der Waals surface area contributed by atoms with Gasteiger partial charge in [0.25, 0.3) is 0 Å². The highest BCUT2D eigenvalue weighted by atomic mass is 16.4. The number of terminal acetylenes is 1. The maximum Gasteiger partial charge on any atom is 0.303 e. The molecule has 0 bridgehead atoms. The summed E-state index contributed by atoms with van der Waals surface area (Å²) in [6.07, 6.45) is 11.2. The number of carboxylic acid groups (broad SMARTS) is 1. The maximum atomic E-state index is 10.2. The lowest BCUT2D eigenvalue weighted by molar-refractivity contribution is -0.137. The van der Waals surface area contributed by atoms with Crippen molar-refractivity contribution in [3.63, 3.8) is 0 Å². The van der Waals surface area contributed by atoms with Crippen LogP contribution in [0.25, 0.3) is 0 Å². The van der Waals surface area contributed by atoms with Gasteiger partial charge in [-0.25, -0.2) is 0 Å². The molecule has 0 aliphatic rings. The molecule has 0 atom stereocenters. The molecular formula is C12H23NO2. The van der Waals surface area contributed by atoms with E-state index in [4.69, 9.17) is 5.11 Å². The summed E-state index contributed by atoms with van der Waals surface area (Å²) in [6.45, 7) is 6.42. The average molecular weight is 213 g/mol. The zero-order valence-electron chi connectivity index (χ0n) is 9.83. The van der Waals surface area contributed by atoms with Gasteiger partial charge in [0.2, 0.25) is 0 Å². The quantitative estimate of drug-likeness (QED) is 0.479. The minimum absolute atomic E-state index is 0.310. The Morgan fingerprint density at radius 3 is 2.33 bits per heavy atom. The highest BCUT2D eigenvalue weighted by Crippen LogP contribution is 1.98. The molecule has 0 heterocycles. The van der Waals surface area contributed by atoms with Gasteiger partial charge in [0.05, 0.1) is 0 Å². The van der Waals surface area contributed by atoms with Gasteiger partial charge in [-0.05, 0) is 31.8 Å². The second kappa shape index (κ2) is 13.0. The Hall–Kier alpha value is -1.01. The van der Waals surface area contributed by atoms with Crippen LogP contribution in [0.4, 0.5) is 0 Å². The van der Waals surface area contributed by atoms with E-state index in [0.717, 1.165) is 32.4 Å². The summed E-state index contributed by atoms with van der Waals surface area (Å²) in [7, 11) is 0. The van der Waals surface area contributed by atoms with E-state index >= 15 is 0 Å². The molecule has 0 aliphatic carbocycles. The normalized spacial score (nSPS) is 9.40. The van der Waals surface area contributed by atoms with Gasteiger partial charge < -0.3 is 10.4 Å². The highest BCUT2D eigenvalue weighted by Gasteiger charge is 1.96. The van der Waals surface area contributed by atoms with E-state index < -0.39 is 5.97 Å². The van der Waals surface area contributed by atoms with Crippen molar-refractivity contribution in [2.24, 2.45) is 5.92 Å². The molecule has 0 rings (SSSR count). The summed E-state index contributed by atoms with van der Waals surface area (Å²) in [6, 6.07) is 0. The van der Waals surface area contributed by atoms with Crippen LogP contribution in [-0.4, -0.2) is 24.2 Å². The third kappa shape index (κ3) is 19.4. The van der Waals surface area contributed by atoms with Crippen molar-refractivity contribution < 1.29 is 9.90 Å². The Kier molecular flexibility index (Phi) is 14.2. The first-order valence-electron chi connectivity index (χ1n) is 5.38. The number of hydrogen-bond acceptors (Lipinski definition) is 2. The lowest BCUT2D eigenvalue weighted by Crippen LogP contribution is -2.20. The van der Waals surface area contributed by atoms with Crippen molar-refractivity contribution >= 4 is 5.97 Å². The van der Waals surface area contributed by atoms with Crippen LogP contribution in [0, 0.1) is 18.8 Å². The number of nitrogens with one attached hydrogen (secondary N) is 1. The molecule has 0 saturated carbocycles. The fourth-order valence-electron chi connectivity index (χ4n) is 1.09. The standard InChI is InChI=1S/C10H21NO2.C2H2/c1-9(2)8-11-7-5-3-4-6-10(12)13;1-2/h9,11H,3-8H2,1-2H3,(H,12,13);1-2H. The Bertz CT molecular complexity index is 164. The molecule has 0 radical (unpaired) electrons. The van der Waals surface area contributed by atoms with Gasteiger partial charge in [0.1, 0.15) is 0 Å². The van der Waals surface area contributed by atoms with Crippen LogP contribution in [0.2, 0.25) is 0 Å². The molecule has 0 spiro atoms. The summed E-state index contributed by atoms with van der Waals surface area (Å²) in [4.78, 5) is 10.2. The van der Waals surface area contributed by atoms with Crippen molar-refractivity contribution in [2.75, 3.05) is 13.1 Å². The third-order valence-electron chi connectivity index (χ3n) is 1.80. The molecule has 0 fully saturated rings. The van der Waals surface area contributed by atoms with Gasteiger partial charge in [-0.15, -0.1) is 12.8 Å². The van der Waals surface area contributed by atoms with E-state index in [2.05, 4.69) is 32.0 Å². The van der Waals surface area contributed by atoms with Crippen LogP contribution in [0.1, 0.15) is 39.5 Å². The lowest BCUT2D eigenvalue weighted by Gasteiger charge is -2.06. The Morgan fingerprint density at radius 2 is 1.87 bits per heavy atom. The summed E-state index contributed by atoms with van der Waals surface area (Å²) in [5.41, 5.74) is 0. The van der Waals surface area contributed by atoms with Crippen LogP contribution in [0.3, 0.4) is 0 Å². The molecule has 0 aromatic rings. The lowest BCUT2D eigenvalue weighted by atomic mass is 10.2. The van der Waals surface area contributed by atoms with Gasteiger partial charge in [0, 0.05) is 6.42 Å². The molecular weight excluding hydrogens is 190 g/mol. The number of aliphatic carboxylic acids is 1. The van der Waals surface area contributed by atoms with E-state index in [1.807, 2.05) is 0 Å².